The van der Waals surface area contributed by atoms with Gasteiger partial charge in [0.25, 0.3) is 0 Å². The molecular formula is C19H32BrN5O. The number of guanidine groups is 1. The first-order valence-electron chi connectivity index (χ1n) is 9.31. The molecule has 6 nitrogen and oxygen atoms in total. The number of halogens is 1. The lowest BCUT2D eigenvalue weighted by atomic mass is 9.85. The number of aryl methyl sites for hydroxylation is 1. The van der Waals surface area contributed by atoms with Crippen LogP contribution >= 0.6 is 15.9 Å². The average Bonchev–Trinajstić information content (AvgIpc) is 3.18. The van der Waals surface area contributed by atoms with Crippen LogP contribution in [0.4, 0.5) is 0 Å². The molecule has 1 N–H and O–H groups in total. The van der Waals surface area contributed by atoms with Gasteiger partial charge in [0.1, 0.15) is 0 Å². The summed E-state index contributed by atoms with van der Waals surface area (Å²) in [6.07, 6.45) is 6.14. The van der Waals surface area contributed by atoms with Crippen LogP contribution in [0.5, 0.6) is 0 Å². The van der Waals surface area contributed by atoms with E-state index in [0.29, 0.717) is 6.54 Å². The minimum Gasteiger partial charge on any atom is -0.357 e. The summed E-state index contributed by atoms with van der Waals surface area (Å²) in [5, 5.41) is 3.37. The Labute approximate surface area is 165 Å². The van der Waals surface area contributed by atoms with Gasteiger partial charge in [0.15, 0.2) is 5.96 Å². The Hall–Kier alpha value is -1.50. The predicted octanol–water partition coefficient (Wildman–Crippen LogP) is 2.83. The summed E-state index contributed by atoms with van der Waals surface area (Å²) >= 11 is 3.53. The molecule has 0 radical (unpaired) electrons. The van der Waals surface area contributed by atoms with Crippen LogP contribution in [0.25, 0.3) is 0 Å². The van der Waals surface area contributed by atoms with Gasteiger partial charge in [-0.2, -0.15) is 0 Å². The predicted molar refractivity (Wildman–Crippen MR) is 110 cm³/mol. The summed E-state index contributed by atoms with van der Waals surface area (Å²) in [4.78, 5) is 21.5. The van der Waals surface area contributed by atoms with Crippen molar-refractivity contribution in [3.8, 4) is 0 Å². The fraction of sp³-hybridized carbons (Fsp3) is 0.684. The van der Waals surface area contributed by atoms with Crippen LogP contribution in [0.3, 0.4) is 0 Å². The van der Waals surface area contributed by atoms with Gasteiger partial charge >= 0.3 is 0 Å². The van der Waals surface area contributed by atoms with Crippen LogP contribution < -0.4 is 5.32 Å². The molecule has 1 saturated carbocycles. The number of hydrogen-bond acceptors (Lipinski definition) is 2. The number of amides is 1. The third-order valence-electron chi connectivity index (χ3n) is 5.12. The van der Waals surface area contributed by atoms with Gasteiger partial charge < -0.3 is 19.7 Å². The maximum atomic E-state index is 12.8. The number of hydrogen-bond donors (Lipinski definition) is 1. The molecule has 7 heteroatoms. The number of nitrogens with zero attached hydrogens (tertiary/aromatic N) is 4. The van der Waals surface area contributed by atoms with Crippen LogP contribution in [0, 0.1) is 5.41 Å². The maximum absolute atomic E-state index is 12.8. The molecule has 1 heterocycles. The van der Waals surface area contributed by atoms with Gasteiger partial charge in [-0.15, -0.1) is 0 Å². The van der Waals surface area contributed by atoms with E-state index in [4.69, 9.17) is 4.99 Å². The smallest absolute Gasteiger partial charge is 0.230 e. The molecule has 1 aliphatic carbocycles. The topological polar surface area (TPSA) is 52.9 Å². The second kappa shape index (κ2) is 8.93. The molecule has 0 spiro atoms. The molecule has 2 rings (SSSR count). The molecule has 146 valence electrons. The number of nitrogens with one attached hydrogen (secondary N) is 1. The zero-order chi connectivity index (χ0) is 19.3. The molecule has 0 bridgehead atoms. The molecular weight excluding hydrogens is 394 g/mol. The van der Waals surface area contributed by atoms with Gasteiger partial charge in [0.05, 0.1) is 18.5 Å². The second-order valence-corrected chi connectivity index (χ2v) is 8.39. The van der Waals surface area contributed by atoms with Crippen LogP contribution in [-0.2, 0) is 18.4 Å². The van der Waals surface area contributed by atoms with Crippen LogP contribution in [0.1, 0.15) is 38.3 Å². The number of aliphatic imine (C=N–C) groups is 1. The average molecular weight is 426 g/mol. The molecule has 1 aromatic rings. The van der Waals surface area contributed by atoms with Crippen molar-refractivity contribution in [2.24, 2.45) is 17.5 Å². The minimum absolute atomic E-state index is 0.212. The third-order valence-corrected chi connectivity index (χ3v) is 5.56. The number of rotatable bonds is 6. The van der Waals surface area contributed by atoms with E-state index in [2.05, 4.69) is 49.9 Å². The summed E-state index contributed by atoms with van der Waals surface area (Å²) < 4.78 is 3.19. The lowest BCUT2D eigenvalue weighted by Crippen LogP contribution is -2.43. The Morgan fingerprint density at radius 2 is 2.00 bits per heavy atom. The Morgan fingerprint density at radius 3 is 2.50 bits per heavy atom. The fourth-order valence-electron chi connectivity index (χ4n) is 3.70. The Bertz CT molecular complexity index is 646. The second-order valence-electron chi connectivity index (χ2n) is 7.47. The lowest BCUT2D eigenvalue weighted by molar-refractivity contribution is -0.138. The Balaban J connectivity index is 2.16. The summed E-state index contributed by atoms with van der Waals surface area (Å²) in [6.45, 7) is 4.17. The van der Waals surface area contributed by atoms with E-state index in [1.807, 2.05) is 28.2 Å². The SMILES string of the molecule is CCNC(=NCC1(C(=O)N(C)C)CCCC1)N(C)Cc1cc(Br)cn1C. The van der Waals surface area contributed by atoms with Gasteiger partial charge in [-0.25, -0.2) is 0 Å². The third kappa shape index (κ3) is 4.81. The van der Waals surface area contributed by atoms with E-state index >= 15 is 0 Å². The number of carbonyl (C=O) groups excluding carboxylic acids is 1. The lowest BCUT2D eigenvalue weighted by Gasteiger charge is -2.30. The number of aromatic nitrogens is 1. The zero-order valence-corrected chi connectivity index (χ0v) is 18.3. The van der Waals surface area contributed by atoms with Crippen molar-refractivity contribution in [2.75, 3.05) is 34.2 Å². The van der Waals surface area contributed by atoms with E-state index in [1.54, 1.807) is 4.90 Å². The van der Waals surface area contributed by atoms with Crippen molar-refractivity contribution in [2.45, 2.75) is 39.2 Å². The Morgan fingerprint density at radius 1 is 1.35 bits per heavy atom. The maximum Gasteiger partial charge on any atom is 0.230 e. The van der Waals surface area contributed by atoms with E-state index in [9.17, 15) is 4.79 Å². The van der Waals surface area contributed by atoms with Crippen LogP contribution in [0.2, 0.25) is 0 Å². The molecule has 26 heavy (non-hydrogen) atoms. The molecule has 0 atom stereocenters. The molecule has 1 fully saturated rings. The summed E-state index contributed by atoms with van der Waals surface area (Å²) in [6, 6.07) is 2.12. The van der Waals surface area contributed by atoms with Crippen molar-refractivity contribution in [3.63, 3.8) is 0 Å². The first kappa shape index (κ1) is 20.8. The van der Waals surface area contributed by atoms with Crippen molar-refractivity contribution in [1.29, 1.82) is 0 Å². The first-order valence-corrected chi connectivity index (χ1v) is 10.1. The van der Waals surface area contributed by atoms with Crippen molar-refractivity contribution in [1.82, 2.24) is 19.7 Å². The summed E-state index contributed by atoms with van der Waals surface area (Å²) in [5.41, 5.74) is 0.865. The van der Waals surface area contributed by atoms with Gasteiger partial charge in [-0.3, -0.25) is 9.79 Å². The highest BCUT2D eigenvalue weighted by Crippen LogP contribution is 2.39. The monoisotopic (exact) mass is 425 g/mol. The van der Waals surface area contributed by atoms with E-state index in [-0.39, 0.29) is 11.3 Å². The van der Waals surface area contributed by atoms with Crippen molar-refractivity contribution >= 4 is 27.8 Å². The first-order chi connectivity index (χ1) is 12.3. The van der Waals surface area contributed by atoms with E-state index < -0.39 is 0 Å². The van der Waals surface area contributed by atoms with Crippen LogP contribution in [0.15, 0.2) is 21.7 Å². The van der Waals surface area contributed by atoms with Gasteiger partial charge in [0, 0.05) is 51.1 Å². The number of carbonyl (C=O) groups is 1. The molecule has 1 aliphatic rings. The molecule has 1 amide bonds. The molecule has 0 aromatic carbocycles. The molecule has 0 saturated heterocycles. The van der Waals surface area contributed by atoms with E-state index in [1.165, 1.54) is 5.69 Å². The zero-order valence-electron chi connectivity index (χ0n) is 16.7. The van der Waals surface area contributed by atoms with Gasteiger partial charge in [-0.05, 0) is 41.8 Å². The highest BCUT2D eigenvalue weighted by molar-refractivity contribution is 9.10. The largest absolute Gasteiger partial charge is 0.357 e. The fourth-order valence-corrected chi connectivity index (χ4v) is 4.27. The van der Waals surface area contributed by atoms with Gasteiger partial charge in [0.2, 0.25) is 5.91 Å². The highest BCUT2D eigenvalue weighted by Gasteiger charge is 2.42. The normalized spacial score (nSPS) is 16.6. The molecule has 0 unspecified atom stereocenters. The van der Waals surface area contributed by atoms with Crippen molar-refractivity contribution in [3.05, 3.63) is 22.4 Å². The highest BCUT2D eigenvalue weighted by atomic mass is 79.9. The summed E-state index contributed by atoms with van der Waals surface area (Å²) in [7, 11) is 7.77. The molecule has 0 aliphatic heterocycles. The quantitative estimate of drug-likeness (QED) is 0.562. The minimum atomic E-state index is -0.334. The molecule has 1 aromatic heterocycles. The van der Waals surface area contributed by atoms with E-state index in [0.717, 1.165) is 49.2 Å². The van der Waals surface area contributed by atoms with Crippen molar-refractivity contribution < 1.29 is 4.79 Å². The standard InChI is InChI=1S/C19H32BrN5O/c1-6-21-18(25(5)13-16-11-15(20)12-24(16)4)22-14-19(9-7-8-10-19)17(26)23(2)3/h11-12H,6-10,13-14H2,1-5H3,(H,21,22). The van der Waals surface area contributed by atoms with Gasteiger partial charge in [-0.1, -0.05) is 12.8 Å². The summed E-state index contributed by atoms with van der Waals surface area (Å²) in [5.74, 6) is 1.06. The van der Waals surface area contributed by atoms with Crippen LogP contribution in [-0.4, -0.2) is 60.5 Å². The Kier molecular flexibility index (Phi) is 7.15.